The first kappa shape index (κ1) is 13.8. The summed E-state index contributed by atoms with van der Waals surface area (Å²) in [5.74, 6) is 0. The lowest BCUT2D eigenvalue weighted by atomic mass is 10.1. The van der Waals surface area contributed by atoms with Crippen LogP contribution in [0, 0.1) is 27.7 Å². The van der Waals surface area contributed by atoms with E-state index in [2.05, 4.69) is 0 Å². The van der Waals surface area contributed by atoms with Crippen LogP contribution < -0.4 is 0 Å². The summed E-state index contributed by atoms with van der Waals surface area (Å²) in [6.45, 7) is 7.51. The van der Waals surface area contributed by atoms with E-state index in [1.54, 1.807) is 12.1 Å². The van der Waals surface area contributed by atoms with E-state index >= 15 is 0 Å². The zero-order valence-electron chi connectivity index (χ0n) is 11.7. The van der Waals surface area contributed by atoms with Gasteiger partial charge in [0.05, 0.1) is 9.79 Å². The Morgan fingerprint density at radius 1 is 0.789 bits per heavy atom. The van der Waals surface area contributed by atoms with Crippen LogP contribution in [0.1, 0.15) is 22.3 Å². The van der Waals surface area contributed by atoms with Crippen molar-refractivity contribution < 1.29 is 8.42 Å². The summed E-state index contributed by atoms with van der Waals surface area (Å²) in [6, 6.07) is 10.9. The van der Waals surface area contributed by atoms with Crippen LogP contribution in [0.3, 0.4) is 0 Å². The molecule has 100 valence electrons. The summed E-state index contributed by atoms with van der Waals surface area (Å²) in [5, 5.41) is 0. The van der Waals surface area contributed by atoms with Crippen molar-refractivity contribution in [2.24, 2.45) is 0 Å². The third-order valence-electron chi connectivity index (χ3n) is 3.26. The molecule has 0 aliphatic rings. The molecule has 19 heavy (non-hydrogen) atoms. The Morgan fingerprint density at radius 3 is 1.84 bits per heavy atom. The van der Waals surface area contributed by atoms with Gasteiger partial charge >= 0.3 is 0 Å². The molecule has 0 spiro atoms. The average molecular weight is 274 g/mol. The summed E-state index contributed by atoms with van der Waals surface area (Å²) in [5.41, 5.74) is 3.47. The Balaban J connectivity index is 2.75. The van der Waals surface area contributed by atoms with Gasteiger partial charge in [0.15, 0.2) is 0 Å². The normalized spacial score (nSPS) is 11.6. The molecule has 0 aliphatic carbocycles. The van der Waals surface area contributed by atoms with Gasteiger partial charge in [0.2, 0.25) is 9.84 Å². The van der Waals surface area contributed by atoms with Gasteiger partial charge in [-0.1, -0.05) is 35.9 Å². The van der Waals surface area contributed by atoms with Gasteiger partial charge in [-0.05, 0) is 50.5 Å². The van der Waals surface area contributed by atoms with Gasteiger partial charge in [-0.25, -0.2) is 8.42 Å². The molecule has 0 saturated carbocycles. The predicted octanol–water partition coefficient (Wildman–Crippen LogP) is 3.75. The Hall–Kier alpha value is -1.61. The van der Waals surface area contributed by atoms with Gasteiger partial charge in [-0.3, -0.25) is 0 Å². The number of hydrogen-bond donors (Lipinski definition) is 0. The largest absolute Gasteiger partial charge is 0.218 e. The summed E-state index contributed by atoms with van der Waals surface area (Å²) in [7, 11) is -3.45. The van der Waals surface area contributed by atoms with Crippen LogP contribution >= 0.6 is 0 Å². The standard InChI is InChI=1S/C16H18O2S/c1-11-9-13(3)16(14(4)10-11)19(17,18)15-8-6-5-7-12(15)2/h5-10H,1-4H3. The number of sulfone groups is 1. The Morgan fingerprint density at radius 2 is 1.32 bits per heavy atom. The number of rotatable bonds is 2. The van der Waals surface area contributed by atoms with Gasteiger partial charge in [-0.15, -0.1) is 0 Å². The quantitative estimate of drug-likeness (QED) is 0.835. The lowest BCUT2D eigenvalue weighted by Crippen LogP contribution is -2.08. The Bertz CT molecular complexity index is 705. The van der Waals surface area contributed by atoms with E-state index in [4.69, 9.17) is 0 Å². The zero-order valence-corrected chi connectivity index (χ0v) is 12.5. The fraction of sp³-hybridized carbons (Fsp3) is 0.250. The van der Waals surface area contributed by atoms with Crippen molar-refractivity contribution in [1.29, 1.82) is 0 Å². The number of aryl methyl sites for hydroxylation is 4. The molecule has 0 atom stereocenters. The van der Waals surface area contributed by atoms with Crippen molar-refractivity contribution in [3.8, 4) is 0 Å². The lowest BCUT2D eigenvalue weighted by Gasteiger charge is -2.13. The summed E-state index contributed by atoms with van der Waals surface area (Å²) in [4.78, 5) is 0.831. The molecular weight excluding hydrogens is 256 g/mol. The number of hydrogen-bond acceptors (Lipinski definition) is 2. The Labute approximate surface area is 115 Å². The number of benzene rings is 2. The molecule has 0 unspecified atom stereocenters. The molecule has 0 fully saturated rings. The van der Waals surface area contributed by atoms with Gasteiger partial charge in [0, 0.05) is 0 Å². The highest BCUT2D eigenvalue weighted by Gasteiger charge is 2.23. The van der Waals surface area contributed by atoms with Crippen molar-refractivity contribution in [2.75, 3.05) is 0 Å². The van der Waals surface area contributed by atoms with Gasteiger partial charge in [-0.2, -0.15) is 0 Å². The second-order valence-corrected chi connectivity index (χ2v) is 6.85. The second kappa shape index (κ2) is 4.82. The first-order valence-corrected chi connectivity index (χ1v) is 7.71. The maximum Gasteiger partial charge on any atom is 0.207 e. The van der Waals surface area contributed by atoms with Crippen LogP contribution in [0.5, 0.6) is 0 Å². The fourth-order valence-corrected chi connectivity index (χ4v) is 4.49. The van der Waals surface area contributed by atoms with E-state index in [1.807, 2.05) is 52.0 Å². The highest BCUT2D eigenvalue weighted by atomic mass is 32.2. The molecule has 2 aromatic rings. The molecule has 0 aliphatic heterocycles. The molecule has 3 heteroatoms. The average Bonchev–Trinajstić information content (AvgIpc) is 2.27. The van der Waals surface area contributed by atoms with Crippen LogP contribution in [-0.4, -0.2) is 8.42 Å². The van der Waals surface area contributed by atoms with Crippen molar-refractivity contribution in [3.05, 3.63) is 58.7 Å². The molecule has 0 saturated heterocycles. The van der Waals surface area contributed by atoms with Crippen molar-refractivity contribution in [3.63, 3.8) is 0 Å². The van der Waals surface area contributed by atoms with E-state index in [1.165, 1.54) is 0 Å². The summed E-state index contributed by atoms with van der Waals surface area (Å²) in [6.07, 6.45) is 0. The maximum absolute atomic E-state index is 12.8. The topological polar surface area (TPSA) is 34.1 Å². The van der Waals surface area contributed by atoms with Crippen molar-refractivity contribution in [2.45, 2.75) is 37.5 Å². The van der Waals surface area contributed by atoms with Gasteiger partial charge < -0.3 is 0 Å². The van der Waals surface area contributed by atoms with Crippen LogP contribution in [-0.2, 0) is 9.84 Å². The van der Waals surface area contributed by atoms with Gasteiger partial charge in [0.25, 0.3) is 0 Å². The minimum Gasteiger partial charge on any atom is -0.218 e. The molecule has 0 radical (unpaired) electrons. The SMILES string of the molecule is Cc1cc(C)c(S(=O)(=O)c2ccccc2C)c(C)c1. The van der Waals surface area contributed by atoms with Crippen LogP contribution in [0.2, 0.25) is 0 Å². The lowest BCUT2D eigenvalue weighted by molar-refractivity contribution is 0.594. The van der Waals surface area contributed by atoms with Crippen LogP contribution in [0.4, 0.5) is 0 Å². The first-order valence-electron chi connectivity index (χ1n) is 6.22. The fourth-order valence-electron chi connectivity index (χ4n) is 2.56. The van der Waals surface area contributed by atoms with Gasteiger partial charge in [0.1, 0.15) is 0 Å². The molecule has 0 bridgehead atoms. The molecule has 2 aromatic carbocycles. The van der Waals surface area contributed by atoms with Crippen LogP contribution in [0.25, 0.3) is 0 Å². The highest BCUT2D eigenvalue weighted by molar-refractivity contribution is 7.91. The van der Waals surface area contributed by atoms with E-state index in [0.717, 1.165) is 22.3 Å². The molecule has 0 aromatic heterocycles. The van der Waals surface area contributed by atoms with Crippen molar-refractivity contribution in [1.82, 2.24) is 0 Å². The molecule has 0 heterocycles. The minimum absolute atomic E-state index is 0.394. The maximum atomic E-state index is 12.8. The molecule has 2 rings (SSSR count). The monoisotopic (exact) mass is 274 g/mol. The minimum atomic E-state index is -3.45. The highest BCUT2D eigenvalue weighted by Crippen LogP contribution is 2.29. The summed E-state index contributed by atoms with van der Waals surface area (Å²) >= 11 is 0. The summed E-state index contributed by atoms with van der Waals surface area (Å²) < 4.78 is 25.6. The Kier molecular flexibility index (Phi) is 3.50. The van der Waals surface area contributed by atoms with E-state index in [9.17, 15) is 8.42 Å². The zero-order chi connectivity index (χ0) is 14.2. The van der Waals surface area contributed by atoms with Crippen molar-refractivity contribution >= 4 is 9.84 Å². The third-order valence-corrected chi connectivity index (χ3v) is 5.48. The van der Waals surface area contributed by atoms with E-state index in [-0.39, 0.29) is 0 Å². The molecule has 0 N–H and O–H groups in total. The molecule has 0 amide bonds. The predicted molar refractivity (Wildman–Crippen MR) is 77.3 cm³/mol. The smallest absolute Gasteiger partial charge is 0.207 e. The van der Waals surface area contributed by atoms with Crippen LogP contribution in [0.15, 0.2) is 46.2 Å². The third kappa shape index (κ3) is 2.43. The first-order chi connectivity index (χ1) is 8.84. The second-order valence-electron chi connectivity index (χ2n) is 5.00. The molecule has 2 nitrogen and oxygen atoms in total. The van der Waals surface area contributed by atoms with E-state index < -0.39 is 9.84 Å². The molecular formula is C16H18O2S. The van der Waals surface area contributed by atoms with E-state index in [0.29, 0.717) is 9.79 Å².